The predicted molar refractivity (Wildman–Crippen MR) is 113 cm³/mol. The van der Waals surface area contributed by atoms with E-state index < -0.39 is 0 Å². The van der Waals surface area contributed by atoms with Crippen molar-refractivity contribution >= 4 is 33.9 Å². The van der Waals surface area contributed by atoms with Gasteiger partial charge in [0.25, 0.3) is 0 Å². The minimum absolute atomic E-state index is 0.288. The third-order valence-corrected chi connectivity index (χ3v) is 5.47. The Labute approximate surface area is 173 Å². The Balaban J connectivity index is 1.56. The van der Waals surface area contributed by atoms with Gasteiger partial charge in [-0.1, -0.05) is 17.7 Å². The van der Waals surface area contributed by atoms with Gasteiger partial charge < -0.3 is 15.3 Å². The zero-order chi connectivity index (χ0) is 20.4. The molecule has 1 fully saturated rings. The van der Waals surface area contributed by atoms with E-state index >= 15 is 0 Å². The summed E-state index contributed by atoms with van der Waals surface area (Å²) in [4.78, 5) is 6.25. The number of aromatic nitrogens is 1. The van der Waals surface area contributed by atoms with Crippen LogP contribution in [0.2, 0.25) is 5.02 Å². The number of hydrogen-bond donors (Lipinski definition) is 2. The van der Waals surface area contributed by atoms with Crippen LogP contribution in [0, 0.1) is 17.1 Å². The Hall–Kier alpha value is -2.88. The molecule has 2 heterocycles. The second-order valence-corrected chi connectivity index (χ2v) is 7.61. The van der Waals surface area contributed by atoms with Crippen LogP contribution in [0.3, 0.4) is 0 Å². The van der Waals surface area contributed by atoms with Crippen molar-refractivity contribution in [2.45, 2.75) is 25.5 Å². The first-order valence-electron chi connectivity index (χ1n) is 9.49. The lowest BCUT2D eigenvalue weighted by molar-refractivity contribution is 0.145. The Morgan fingerprint density at radius 1 is 1.24 bits per heavy atom. The van der Waals surface area contributed by atoms with Gasteiger partial charge in [0.2, 0.25) is 0 Å². The molecule has 1 aliphatic heterocycles. The van der Waals surface area contributed by atoms with E-state index in [0.717, 1.165) is 16.5 Å². The Kier molecular flexibility index (Phi) is 5.52. The number of nitrogens with zero attached hydrogens (tertiary/aromatic N) is 3. The first-order valence-corrected chi connectivity index (χ1v) is 9.86. The monoisotopic (exact) mass is 410 g/mol. The van der Waals surface area contributed by atoms with Gasteiger partial charge in [0.05, 0.1) is 28.6 Å². The topological polar surface area (TPSA) is 72.2 Å². The van der Waals surface area contributed by atoms with E-state index in [1.54, 1.807) is 24.3 Å². The number of hydrogen-bond acceptors (Lipinski definition) is 5. The fourth-order valence-corrected chi connectivity index (χ4v) is 3.83. The van der Waals surface area contributed by atoms with E-state index in [-0.39, 0.29) is 11.9 Å². The standard InChI is InChI=1S/C22H20ClFN4O/c23-16-2-3-20-18(10-16)22(15(11-25)13-26-20)27-12-14-1-4-21(19(24)9-14)28-7-5-17(29)6-8-28/h1-4,9-10,13,17,29H,5-8,12H2,(H,26,27). The van der Waals surface area contributed by atoms with Crippen molar-refractivity contribution in [2.75, 3.05) is 23.3 Å². The van der Waals surface area contributed by atoms with E-state index in [1.807, 2.05) is 11.0 Å². The van der Waals surface area contributed by atoms with Crippen molar-refractivity contribution in [3.63, 3.8) is 0 Å². The van der Waals surface area contributed by atoms with Crippen molar-refractivity contribution in [2.24, 2.45) is 0 Å². The van der Waals surface area contributed by atoms with Gasteiger partial charge in [-0.25, -0.2) is 4.39 Å². The highest BCUT2D eigenvalue weighted by molar-refractivity contribution is 6.31. The van der Waals surface area contributed by atoms with Crippen LogP contribution in [-0.2, 0) is 6.54 Å². The summed E-state index contributed by atoms with van der Waals surface area (Å²) in [6.07, 6.45) is 2.53. The van der Waals surface area contributed by atoms with Gasteiger partial charge in [0.1, 0.15) is 11.9 Å². The molecule has 5 nitrogen and oxygen atoms in total. The highest BCUT2D eigenvalue weighted by Crippen LogP contribution is 2.29. The molecule has 0 saturated carbocycles. The highest BCUT2D eigenvalue weighted by Gasteiger charge is 2.19. The number of pyridine rings is 1. The lowest BCUT2D eigenvalue weighted by atomic mass is 10.1. The summed E-state index contributed by atoms with van der Waals surface area (Å²) >= 11 is 6.12. The molecule has 0 unspecified atom stereocenters. The van der Waals surface area contributed by atoms with Crippen LogP contribution < -0.4 is 10.2 Å². The minimum atomic E-state index is -0.296. The molecule has 0 aliphatic carbocycles. The third kappa shape index (κ3) is 4.12. The maximum atomic E-state index is 14.7. The van der Waals surface area contributed by atoms with Gasteiger partial charge in [0.15, 0.2) is 0 Å². The average molecular weight is 411 g/mol. The minimum Gasteiger partial charge on any atom is -0.393 e. The van der Waals surface area contributed by atoms with Gasteiger partial charge >= 0.3 is 0 Å². The zero-order valence-corrected chi connectivity index (χ0v) is 16.5. The number of piperidine rings is 1. The molecule has 1 aliphatic rings. The van der Waals surface area contributed by atoms with Crippen LogP contribution in [0.1, 0.15) is 24.0 Å². The fourth-order valence-electron chi connectivity index (χ4n) is 3.65. The number of aliphatic hydroxyl groups is 1. The Morgan fingerprint density at radius 2 is 2.03 bits per heavy atom. The lowest BCUT2D eigenvalue weighted by Gasteiger charge is -2.31. The number of rotatable bonds is 4. The van der Waals surface area contributed by atoms with E-state index in [2.05, 4.69) is 16.4 Å². The van der Waals surface area contributed by atoms with E-state index in [1.165, 1.54) is 12.3 Å². The molecule has 0 radical (unpaired) electrons. The molecule has 3 aromatic rings. The summed E-state index contributed by atoms with van der Waals surface area (Å²) in [6, 6.07) is 12.6. The van der Waals surface area contributed by atoms with E-state index in [0.29, 0.717) is 54.4 Å². The van der Waals surface area contributed by atoms with Crippen LogP contribution in [0.4, 0.5) is 15.8 Å². The van der Waals surface area contributed by atoms with Crippen molar-refractivity contribution in [1.29, 1.82) is 5.26 Å². The second kappa shape index (κ2) is 8.24. The van der Waals surface area contributed by atoms with Crippen LogP contribution in [0.15, 0.2) is 42.6 Å². The molecular weight excluding hydrogens is 391 g/mol. The summed E-state index contributed by atoms with van der Waals surface area (Å²) in [5.41, 5.74) is 3.08. The zero-order valence-electron chi connectivity index (χ0n) is 15.7. The fraction of sp³-hybridized carbons (Fsp3) is 0.273. The average Bonchev–Trinajstić information content (AvgIpc) is 2.72. The molecule has 7 heteroatoms. The number of halogens is 2. The number of aliphatic hydroxyl groups excluding tert-OH is 1. The maximum Gasteiger partial charge on any atom is 0.146 e. The van der Waals surface area contributed by atoms with Gasteiger partial charge in [-0.3, -0.25) is 4.98 Å². The summed E-state index contributed by atoms with van der Waals surface area (Å²) < 4.78 is 14.7. The lowest BCUT2D eigenvalue weighted by Crippen LogP contribution is -2.36. The second-order valence-electron chi connectivity index (χ2n) is 7.18. The molecule has 0 spiro atoms. The molecule has 29 heavy (non-hydrogen) atoms. The van der Waals surface area contributed by atoms with Crippen LogP contribution in [0.25, 0.3) is 10.9 Å². The summed E-state index contributed by atoms with van der Waals surface area (Å²) in [5.74, 6) is -0.288. The Morgan fingerprint density at radius 3 is 2.76 bits per heavy atom. The quantitative estimate of drug-likeness (QED) is 0.663. The largest absolute Gasteiger partial charge is 0.393 e. The van der Waals surface area contributed by atoms with Crippen molar-refractivity contribution in [1.82, 2.24) is 4.98 Å². The van der Waals surface area contributed by atoms with E-state index in [4.69, 9.17) is 11.6 Å². The maximum absolute atomic E-state index is 14.7. The number of anilines is 2. The number of nitrogens with one attached hydrogen (secondary N) is 1. The molecule has 0 atom stereocenters. The third-order valence-electron chi connectivity index (χ3n) is 5.24. The van der Waals surface area contributed by atoms with Gasteiger partial charge in [-0.2, -0.15) is 5.26 Å². The molecule has 148 valence electrons. The smallest absolute Gasteiger partial charge is 0.146 e. The van der Waals surface area contributed by atoms with Crippen LogP contribution in [0.5, 0.6) is 0 Å². The van der Waals surface area contributed by atoms with Crippen molar-refractivity contribution in [3.05, 3.63) is 64.6 Å². The molecule has 0 bridgehead atoms. The number of benzene rings is 2. The van der Waals surface area contributed by atoms with Crippen molar-refractivity contribution in [3.8, 4) is 6.07 Å². The molecule has 1 saturated heterocycles. The molecular formula is C22H20ClFN4O. The summed E-state index contributed by atoms with van der Waals surface area (Å²) in [5, 5.41) is 23.6. The normalized spacial score (nSPS) is 14.8. The molecule has 2 aromatic carbocycles. The number of fused-ring (bicyclic) bond motifs is 1. The molecule has 1 aromatic heterocycles. The van der Waals surface area contributed by atoms with Gasteiger partial charge in [-0.15, -0.1) is 0 Å². The predicted octanol–water partition coefficient (Wildman–Crippen LogP) is 4.47. The number of nitriles is 1. The van der Waals surface area contributed by atoms with E-state index in [9.17, 15) is 14.8 Å². The van der Waals surface area contributed by atoms with Gasteiger partial charge in [0, 0.05) is 36.2 Å². The summed E-state index contributed by atoms with van der Waals surface area (Å²) in [7, 11) is 0. The molecule has 4 rings (SSSR count). The van der Waals surface area contributed by atoms with Crippen molar-refractivity contribution < 1.29 is 9.50 Å². The summed E-state index contributed by atoms with van der Waals surface area (Å²) in [6.45, 7) is 1.65. The highest BCUT2D eigenvalue weighted by atomic mass is 35.5. The van der Waals surface area contributed by atoms with Gasteiger partial charge in [-0.05, 0) is 48.7 Å². The SMILES string of the molecule is N#Cc1cnc2ccc(Cl)cc2c1NCc1ccc(N2CCC(O)CC2)c(F)c1. The molecule has 2 N–H and O–H groups in total. The first-order chi connectivity index (χ1) is 14.0. The Bertz CT molecular complexity index is 1090. The first kappa shape index (κ1) is 19.4. The van der Waals surface area contributed by atoms with Crippen LogP contribution in [-0.4, -0.2) is 29.3 Å². The molecule has 0 amide bonds. The van der Waals surface area contributed by atoms with Crippen LogP contribution >= 0.6 is 11.6 Å².